The maximum absolute atomic E-state index is 6.75. The molecule has 40 heavy (non-hydrogen) atoms. The summed E-state index contributed by atoms with van der Waals surface area (Å²) < 4.78 is 12.9. The molecule has 0 radical (unpaired) electrons. The molecular weight excluding hydrogens is 488 g/mol. The first kappa shape index (κ1) is 21.6. The van der Waals surface area contributed by atoms with Crippen molar-refractivity contribution < 1.29 is 8.83 Å². The zero-order valence-corrected chi connectivity index (χ0v) is 21.5. The number of para-hydroxylation sites is 2. The molecule has 0 N–H and O–H groups in total. The van der Waals surface area contributed by atoms with Crippen LogP contribution in [0.4, 0.5) is 0 Å². The Kier molecular flexibility index (Phi) is 4.36. The second kappa shape index (κ2) is 8.08. The molecule has 0 amide bonds. The highest BCUT2D eigenvalue weighted by Gasteiger charge is 2.22. The third-order valence-corrected chi connectivity index (χ3v) is 8.24. The van der Waals surface area contributed by atoms with E-state index in [-0.39, 0.29) is 0 Å². The van der Waals surface area contributed by atoms with Crippen LogP contribution < -0.4 is 0 Å². The fourth-order valence-electron chi connectivity index (χ4n) is 6.46. The zero-order chi connectivity index (χ0) is 26.2. The van der Waals surface area contributed by atoms with Gasteiger partial charge in [-0.15, -0.1) is 0 Å². The predicted molar refractivity (Wildman–Crippen MR) is 167 cm³/mol. The Bertz CT molecular complexity index is 2440. The molecule has 7 aromatic carbocycles. The summed E-state index contributed by atoms with van der Waals surface area (Å²) in [5.74, 6) is 0. The molecular formula is C38H22O2. The third kappa shape index (κ3) is 2.99. The van der Waals surface area contributed by atoms with Gasteiger partial charge in [-0.1, -0.05) is 103 Å². The minimum atomic E-state index is 0.892. The molecule has 9 rings (SSSR count). The molecule has 0 aliphatic heterocycles. The van der Waals surface area contributed by atoms with Crippen molar-refractivity contribution in [1.82, 2.24) is 0 Å². The van der Waals surface area contributed by atoms with E-state index in [1.165, 1.54) is 32.7 Å². The quantitative estimate of drug-likeness (QED) is 0.231. The van der Waals surface area contributed by atoms with E-state index in [4.69, 9.17) is 8.83 Å². The maximum atomic E-state index is 6.75. The fraction of sp³-hybridized carbons (Fsp3) is 0. The van der Waals surface area contributed by atoms with Crippen molar-refractivity contribution in [3.63, 3.8) is 0 Å². The van der Waals surface area contributed by atoms with Crippen LogP contribution >= 0.6 is 0 Å². The number of hydrogen-bond acceptors (Lipinski definition) is 2. The molecule has 0 fully saturated rings. The maximum Gasteiger partial charge on any atom is 0.144 e. The molecule has 0 aliphatic carbocycles. The van der Waals surface area contributed by atoms with Crippen LogP contribution in [-0.4, -0.2) is 0 Å². The largest absolute Gasteiger partial charge is 0.456 e. The van der Waals surface area contributed by atoms with Crippen molar-refractivity contribution in [2.24, 2.45) is 0 Å². The van der Waals surface area contributed by atoms with Crippen molar-refractivity contribution in [1.29, 1.82) is 0 Å². The number of benzene rings is 7. The first-order chi connectivity index (χ1) is 19.8. The van der Waals surface area contributed by atoms with Gasteiger partial charge < -0.3 is 8.83 Å². The van der Waals surface area contributed by atoms with Gasteiger partial charge in [-0.2, -0.15) is 0 Å². The molecule has 186 valence electrons. The standard InChI is InChI=1S/C38H22O2/c1-2-10-24-21-25(18-17-23(24)9-1)35-28-12-3-4-13-29(28)36(38-37(35)30-14-6-8-16-33(30)40-38)26-19-20-34-31(22-26)27-11-5-7-15-32(27)39-34/h1-22H. The molecule has 0 saturated heterocycles. The normalized spacial score (nSPS) is 12.0. The van der Waals surface area contributed by atoms with E-state index in [9.17, 15) is 0 Å². The Labute approximate surface area is 229 Å². The lowest BCUT2D eigenvalue weighted by molar-refractivity contribution is 0.668. The van der Waals surface area contributed by atoms with Crippen molar-refractivity contribution in [3.8, 4) is 22.3 Å². The Morgan fingerprint density at radius 1 is 0.350 bits per heavy atom. The molecule has 0 unspecified atom stereocenters. The van der Waals surface area contributed by atoms with Crippen LogP contribution in [0.1, 0.15) is 0 Å². The van der Waals surface area contributed by atoms with Gasteiger partial charge in [0.1, 0.15) is 22.3 Å². The third-order valence-electron chi connectivity index (χ3n) is 8.24. The molecule has 0 saturated carbocycles. The molecule has 2 heterocycles. The predicted octanol–water partition coefficient (Wildman–Crippen LogP) is 11.1. The monoisotopic (exact) mass is 510 g/mol. The highest BCUT2D eigenvalue weighted by atomic mass is 16.3. The van der Waals surface area contributed by atoms with Crippen LogP contribution in [0.25, 0.3) is 87.7 Å². The van der Waals surface area contributed by atoms with Crippen LogP contribution in [0, 0.1) is 0 Å². The van der Waals surface area contributed by atoms with Crippen LogP contribution in [0.15, 0.2) is 142 Å². The molecule has 2 aromatic heterocycles. The lowest BCUT2D eigenvalue weighted by Crippen LogP contribution is -1.89. The topological polar surface area (TPSA) is 26.3 Å². The first-order valence-corrected chi connectivity index (χ1v) is 13.6. The molecule has 2 nitrogen and oxygen atoms in total. The van der Waals surface area contributed by atoms with Gasteiger partial charge in [0.15, 0.2) is 0 Å². The molecule has 0 spiro atoms. The van der Waals surface area contributed by atoms with E-state index < -0.39 is 0 Å². The Morgan fingerprint density at radius 2 is 0.925 bits per heavy atom. The zero-order valence-electron chi connectivity index (χ0n) is 21.5. The van der Waals surface area contributed by atoms with Gasteiger partial charge in [-0.05, 0) is 63.0 Å². The summed E-state index contributed by atoms with van der Waals surface area (Å²) in [5, 5.41) is 9.36. The summed E-state index contributed by atoms with van der Waals surface area (Å²) in [7, 11) is 0. The summed E-state index contributed by atoms with van der Waals surface area (Å²) in [6.45, 7) is 0. The second-order valence-corrected chi connectivity index (χ2v) is 10.5. The summed E-state index contributed by atoms with van der Waals surface area (Å²) in [4.78, 5) is 0. The number of rotatable bonds is 2. The number of hydrogen-bond donors (Lipinski definition) is 0. The van der Waals surface area contributed by atoms with E-state index in [0.29, 0.717) is 0 Å². The first-order valence-electron chi connectivity index (χ1n) is 13.6. The number of fused-ring (bicyclic) bond motifs is 8. The Balaban J connectivity index is 1.46. The van der Waals surface area contributed by atoms with Crippen molar-refractivity contribution in [2.45, 2.75) is 0 Å². The van der Waals surface area contributed by atoms with E-state index in [1.807, 2.05) is 18.2 Å². The number of furan rings is 2. The molecule has 9 aromatic rings. The smallest absolute Gasteiger partial charge is 0.144 e. The van der Waals surface area contributed by atoms with Crippen molar-refractivity contribution >= 4 is 65.4 Å². The Morgan fingerprint density at radius 3 is 1.75 bits per heavy atom. The van der Waals surface area contributed by atoms with Crippen LogP contribution in [0.3, 0.4) is 0 Å². The van der Waals surface area contributed by atoms with Crippen LogP contribution in [-0.2, 0) is 0 Å². The minimum absolute atomic E-state index is 0.892. The highest BCUT2D eigenvalue weighted by Crippen LogP contribution is 2.48. The van der Waals surface area contributed by atoms with E-state index in [2.05, 4.69) is 115 Å². The lowest BCUT2D eigenvalue weighted by atomic mass is 9.87. The summed E-state index contributed by atoms with van der Waals surface area (Å²) >= 11 is 0. The molecule has 0 bridgehead atoms. The van der Waals surface area contributed by atoms with Gasteiger partial charge in [0.2, 0.25) is 0 Å². The lowest BCUT2D eigenvalue weighted by Gasteiger charge is -2.15. The van der Waals surface area contributed by atoms with Crippen molar-refractivity contribution in [3.05, 3.63) is 133 Å². The Hall–Kier alpha value is -5.34. The van der Waals surface area contributed by atoms with Gasteiger partial charge >= 0.3 is 0 Å². The fourth-order valence-corrected chi connectivity index (χ4v) is 6.46. The average Bonchev–Trinajstić information content (AvgIpc) is 3.58. The molecule has 2 heteroatoms. The van der Waals surface area contributed by atoms with E-state index in [0.717, 1.165) is 55.0 Å². The second-order valence-electron chi connectivity index (χ2n) is 10.5. The molecule has 0 atom stereocenters. The summed E-state index contributed by atoms with van der Waals surface area (Å²) in [6.07, 6.45) is 0. The van der Waals surface area contributed by atoms with Gasteiger partial charge in [0, 0.05) is 32.7 Å². The van der Waals surface area contributed by atoms with Crippen molar-refractivity contribution in [2.75, 3.05) is 0 Å². The van der Waals surface area contributed by atoms with Gasteiger partial charge in [0.25, 0.3) is 0 Å². The SMILES string of the molecule is c1ccc2cc(-c3c4ccccc4c(-c4ccc5oc6ccccc6c5c4)c4oc5ccccc5c34)ccc2c1. The van der Waals surface area contributed by atoms with Gasteiger partial charge in [-0.25, -0.2) is 0 Å². The van der Waals surface area contributed by atoms with Gasteiger partial charge in [-0.3, -0.25) is 0 Å². The van der Waals surface area contributed by atoms with Crippen LogP contribution in [0.2, 0.25) is 0 Å². The van der Waals surface area contributed by atoms with E-state index in [1.54, 1.807) is 0 Å². The summed E-state index contributed by atoms with van der Waals surface area (Å²) in [5.41, 5.74) is 8.22. The van der Waals surface area contributed by atoms with E-state index >= 15 is 0 Å². The van der Waals surface area contributed by atoms with Gasteiger partial charge in [0.05, 0.1) is 0 Å². The minimum Gasteiger partial charge on any atom is -0.456 e. The van der Waals surface area contributed by atoms with Crippen LogP contribution in [0.5, 0.6) is 0 Å². The average molecular weight is 511 g/mol. The molecule has 0 aliphatic rings. The summed E-state index contributed by atoms with van der Waals surface area (Å²) in [6, 6.07) is 47.2. The highest BCUT2D eigenvalue weighted by molar-refractivity contribution is 6.27.